The van der Waals surface area contributed by atoms with Crippen LogP contribution in [0.15, 0.2) is 10.6 Å². The fourth-order valence-corrected chi connectivity index (χ4v) is 1.92. The van der Waals surface area contributed by atoms with Gasteiger partial charge < -0.3 is 14.9 Å². The van der Waals surface area contributed by atoms with Crippen molar-refractivity contribution in [3.05, 3.63) is 17.5 Å². The second kappa shape index (κ2) is 3.83. The minimum Gasteiger partial charge on any atom is -0.481 e. The molecule has 0 radical (unpaired) electrons. The summed E-state index contributed by atoms with van der Waals surface area (Å²) in [6.07, 6.45) is 3.42. The van der Waals surface area contributed by atoms with E-state index in [-0.39, 0.29) is 18.2 Å². The highest BCUT2D eigenvalue weighted by Crippen LogP contribution is 2.45. The standard InChI is InChI=1S/C12H14N2O4/c15-10(13-6-12(3-4-12)11(16)17)9-5-8(14-18-9)7-1-2-7/h5,7H,1-4,6H2,(H,13,15)(H,16,17). The number of carbonyl (C=O) groups is 2. The van der Waals surface area contributed by atoms with E-state index in [1.54, 1.807) is 6.07 Å². The second-order valence-corrected chi connectivity index (χ2v) is 5.16. The Bertz CT molecular complexity index is 500. The lowest BCUT2D eigenvalue weighted by atomic mass is 10.1. The summed E-state index contributed by atoms with van der Waals surface area (Å²) in [5.74, 6) is -0.636. The van der Waals surface area contributed by atoms with Gasteiger partial charge in [-0.2, -0.15) is 0 Å². The smallest absolute Gasteiger partial charge is 0.311 e. The molecule has 1 heterocycles. The van der Waals surface area contributed by atoms with E-state index in [0.717, 1.165) is 18.5 Å². The van der Waals surface area contributed by atoms with Gasteiger partial charge in [0.2, 0.25) is 5.76 Å². The summed E-state index contributed by atoms with van der Waals surface area (Å²) in [6.45, 7) is 0.153. The molecule has 1 aromatic heterocycles. The topological polar surface area (TPSA) is 92.4 Å². The highest BCUT2D eigenvalue weighted by molar-refractivity contribution is 5.92. The number of nitrogens with zero attached hydrogens (tertiary/aromatic N) is 1. The van der Waals surface area contributed by atoms with Crippen LogP contribution in [-0.4, -0.2) is 28.7 Å². The largest absolute Gasteiger partial charge is 0.481 e. The first-order valence-corrected chi connectivity index (χ1v) is 6.09. The van der Waals surface area contributed by atoms with Gasteiger partial charge in [-0.3, -0.25) is 9.59 Å². The van der Waals surface area contributed by atoms with Gasteiger partial charge in [0, 0.05) is 18.5 Å². The minimum atomic E-state index is -0.848. The highest BCUT2D eigenvalue weighted by Gasteiger charge is 2.50. The lowest BCUT2D eigenvalue weighted by molar-refractivity contribution is -0.143. The Morgan fingerprint density at radius 1 is 1.50 bits per heavy atom. The predicted molar refractivity (Wildman–Crippen MR) is 60.1 cm³/mol. The van der Waals surface area contributed by atoms with Gasteiger partial charge in [-0.1, -0.05) is 5.16 Å². The van der Waals surface area contributed by atoms with Gasteiger partial charge >= 0.3 is 5.97 Å². The van der Waals surface area contributed by atoms with E-state index in [1.807, 2.05) is 0 Å². The number of aliphatic carboxylic acids is 1. The molecule has 2 N–H and O–H groups in total. The van der Waals surface area contributed by atoms with Gasteiger partial charge in [0.05, 0.1) is 11.1 Å². The molecule has 0 atom stereocenters. The Kier molecular flexibility index (Phi) is 2.39. The fraction of sp³-hybridized carbons (Fsp3) is 0.583. The summed E-state index contributed by atoms with van der Waals surface area (Å²) in [7, 11) is 0. The van der Waals surface area contributed by atoms with E-state index in [4.69, 9.17) is 9.63 Å². The summed E-state index contributed by atoms with van der Waals surface area (Å²) in [6, 6.07) is 1.65. The lowest BCUT2D eigenvalue weighted by Crippen LogP contribution is -2.34. The predicted octanol–water partition coefficient (Wildman–Crippen LogP) is 1.15. The normalized spacial score (nSPS) is 20.4. The molecule has 3 rings (SSSR count). The third-order valence-corrected chi connectivity index (χ3v) is 3.64. The molecule has 0 aliphatic heterocycles. The number of carboxylic acid groups (broad SMARTS) is 1. The van der Waals surface area contributed by atoms with Gasteiger partial charge in [0.1, 0.15) is 0 Å². The number of rotatable bonds is 5. The summed E-state index contributed by atoms with van der Waals surface area (Å²) in [5, 5.41) is 15.4. The van der Waals surface area contributed by atoms with Gasteiger partial charge in [-0.15, -0.1) is 0 Å². The van der Waals surface area contributed by atoms with Crippen molar-refractivity contribution >= 4 is 11.9 Å². The Hall–Kier alpha value is -1.85. The summed E-state index contributed by atoms with van der Waals surface area (Å²) >= 11 is 0. The van der Waals surface area contributed by atoms with Gasteiger partial charge in [0.15, 0.2) is 0 Å². The number of nitrogens with one attached hydrogen (secondary N) is 1. The quantitative estimate of drug-likeness (QED) is 0.817. The molecule has 0 unspecified atom stereocenters. The van der Waals surface area contributed by atoms with E-state index < -0.39 is 11.4 Å². The molecule has 2 aliphatic carbocycles. The molecule has 0 bridgehead atoms. The lowest BCUT2D eigenvalue weighted by Gasteiger charge is -2.09. The highest BCUT2D eigenvalue weighted by atomic mass is 16.5. The summed E-state index contributed by atoms with van der Waals surface area (Å²) < 4.78 is 4.96. The molecular weight excluding hydrogens is 236 g/mol. The maximum absolute atomic E-state index is 11.8. The van der Waals surface area contributed by atoms with E-state index in [0.29, 0.717) is 18.8 Å². The third kappa shape index (κ3) is 1.98. The Morgan fingerprint density at radius 3 is 2.78 bits per heavy atom. The number of carbonyl (C=O) groups excluding carboxylic acids is 1. The van der Waals surface area contributed by atoms with Gasteiger partial charge in [0.25, 0.3) is 5.91 Å². The maximum atomic E-state index is 11.8. The van der Waals surface area contributed by atoms with Crippen LogP contribution in [0.4, 0.5) is 0 Å². The SMILES string of the molecule is O=C(NCC1(C(=O)O)CC1)c1cc(C2CC2)no1. The minimum absolute atomic E-state index is 0.153. The zero-order valence-corrected chi connectivity index (χ0v) is 9.81. The molecule has 0 saturated heterocycles. The molecular formula is C12H14N2O4. The molecule has 2 fully saturated rings. The van der Waals surface area contributed by atoms with Crippen LogP contribution in [0.1, 0.15) is 47.8 Å². The van der Waals surface area contributed by atoms with Crippen LogP contribution in [-0.2, 0) is 4.79 Å². The summed E-state index contributed by atoms with van der Waals surface area (Å²) in [4.78, 5) is 22.7. The van der Waals surface area contributed by atoms with Crippen LogP contribution >= 0.6 is 0 Å². The number of aromatic nitrogens is 1. The molecule has 6 heteroatoms. The van der Waals surface area contributed by atoms with Crippen LogP contribution in [0.2, 0.25) is 0 Å². The molecule has 18 heavy (non-hydrogen) atoms. The van der Waals surface area contributed by atoms with Gasteiger partial charge in [-0.05, 0) is 25.7 Å². The molecule has 96 valence electrons. The zero-order chi connectivity index (χ0) is 12.8. The molecule has 0 spiro atoms. The van der Waals surface area contributed by atoms with Gasteiger partial charge in [-0.25, -0.2) is 0 Å². The van der Waals surface area contributed by atoms with Crippen LogP contribution in [0.3, 0.4) is 0 Å². The van der Waals surface area contributed by atoms with Crippen LogP contribution < -0.4 is 5.32 Å². The second-order valence-electron chi connectivity index (χ2n) is 5.16. The van der Waals surface area contributed by atoms with Crippen molar-refractivity contribution in [2.24, 2.45) is 5.41 Å². The first-order chi connectivity index (χ1) is 8.61. The van der Waals surface area contributed by atoms with E-state index in [1.165, 1.54) is 0 Å². The first kappa shape index (κ1) is 11.3. The number of amides is 1. The molecule has 0 aromatic carbocycles. The molecule has 1 amide bonds. The van der Waals surface area contributed by atoms with Crippen molar-refractivity contribution in [2.75, 3.05) is 6.54 Å². The number of hydrogen-bond donors (Lipinski definition) is 2. The Labute approximate surface area is 103 Å². The van der Waals surface area contributed by atoms with Crippen LogP contribution in [0.5, 0.6) is 0 Å². The average molecular weight is 250 g/mol. The van der Waals surface area contributed by atoms with Crippen molar-refractivity contribution in [1.82, 2.24) is 10.5 Å². The van der Waals surface area contributed by atoms with Crippen LogP contribution in [0.25, 0.3) is 0 Å². The maximum Gasteiger partial charge on any atom is 0.311 e. The molecule has 2 aliphatic rings. The Morgan fingerprint density at radius 2 is 2.22 bits per heavy atom. The third-order valence-electron chi connectivity index (χ3n) is 3.64. The van der Waals surface area contributed by atoms with E-state index in [2.05, 4.69) is 10.5 Å². The van der Waals surface area contributed by atoms with Crippen molar-refractivity contribution in [2.45, 2.75) is 31.6 Å². The zero-order valence-electron chi connectivity index (χ0n) is 9.81. The fourth-order valence-electron chi connectivity index (χ4n) is 1.92. The average Bonchev–Trinajstić information content (AvgIpc) is 3.26. The van der Waals surface area contributed by atoms with Crippen molar-refractivity contribution in [3.63, 3.8) is 0 Å². The van der Waals surface area contributed by atoms with Crippen molar-refractivity contribution in [1.29, 1.82) is 0 Å². The monoisotopic (exact) mass is 250 g/mol. The molecule has 6 nitrogen and oxygen atoms in total. The van der Waals surface area contributed by atoms with Crippen LogP contribution in [0, 0.1) is 5.41 Å². The molecule has 2 saturated carbocycles. The Balaban J connectivity index is 1.59. The number of hydrogen-bond acceptors (Lipinski definition) is 4. The first-order valence-electron chi connectivity index (χ1n) is 6.09. The van der Waals surface area contributed by atoms with Crippen molar-refractivity contribution < 1.29 is 19.2 Å². The van der Waals surface area contributed by atoms with E-state index >= 15 is 0 Å². The summed E-state index contributed by atoms with van der Waals surface area (Å²) in [5.41, 5.74) is 0.0640. The number of carboxylic acids is 1. The van der Waals surface area contributed by atoms with Crippen molar-refractivity contribution in [3.8, 4) is 0 Å². The molecule has 1 aromatic rings. The van der Waals surface area contributed by atoms with E-state index in [9.17, 15) is 9.59 Å².